The van der Waals surface area contributed by atoms with Crippen molar-refractivity contribution in [1.82, 2.24) is 14.0 Å². The van der Waals surface area contributed by atoms with E-state index in [4.69, 9.17) is 14.2 Å². The number of ether oxygens (including phenoxy) is 3. The van der Waals surface area contributed by atoms with Gasteiger partial charge in [-0.2, -0.15) is 0 Å². The zero-order valence-electron chi connectivity index (χ0n) is 21.0. The fourth-order valence-corrected chi connectivity index (χ4v) is 7.44. The fraction of sp³-hybridized carbons (Fsp3) is 0.310. The zero-order valence-corrected chi connectivity index (χ0v) is 21.0. The van der Waals surface area contributed by atoms with Crippen LogP contribution in [0.1, 0.15) is 35.5 Å². The first-order chi connectivity index (χ1) is 17.9. The van der Waals surface area contributed by atoms with Crippen LogP contribution in [0.3, 0.4) is 0 Å². The molecule has 0 saturated carbocycles. The molecular formula is C29H25N3O5. The second-order valence-corrected chi connectivity index (χ2v) is 10.5. The quantitative estimate of drug-likeness (QED) is 0.333. The summed E-state index contributed by atoms with van der Waals surface area (Å²) in [5.41, 5.74) is 2.95. The van der Waals surface area contributed by atoms with E-state index < -0.39 is 23.5 Å². The van der Waals surface area contributed by atoms with Gasteiger partial charge in [0.25, 0.3) is 5.91 Å². The van der Waals surface area contributed by atoms with Gasteiger partial charge in [0, 0.05) is 48.7 Å². The highest BCUT2D eigenvalue weighted by atomic mass is 16.6. The molecule has 186 valence electrons. The lowest BCUT2D eigenvalue weighted by Gasteiger charge is -2.40. The molecule has 0 radical (unpaired) electrons. The standard InChI is InChI=1S/C29H25N3O5/c1-28-29(36-4,27(34)35-3)13-20(37-28)31-18-11-7-5-9-15(18)22-23-17(14-30(2)26(23)33)21-16-10-6-8-12-19(16)32(28)25(21)24(22)31/h5-12,20H,13-14H2,1-4H3/t20?,28-,29-/m1/s1. The topological polar surface area (TPSA) is 74.9 Å². The summed E-state index contributed by atoms with van der Waals surface area (Å²) in [4.78, 5) is 29.0. The molecule has 3 aromatic carbocycles. The monoisotopic (exact) mass is 495 g/mol. The molecule has 1 saturated heterocycles. The Morgan fingerprint density at radius 1 is 1.00 bits per heavy atom. The van der Waals surface area contributed by atoms with Crippen LogP contribution >= 0.6 is 0 Å². The number of benzene rings is 3. The molecule has 2 aromatic heterocycles. The third-order valence-corrected chi connectivity index (χ3v) is 8.97. The van der Waals surface area contributed by atoms with Gasteiger partial charge in [0.05, 0.1) is 34.7 Å². The molecule has 3 aliphatic heterocycles. The summed E-state index contributed by atoms with van der Waals surface area (Å²) in [6.45, 7) is 2.44. The molecule has 3 aliphatic rings. The third kappa shape index (κ3) is 2.09. The molecule has 0 aliphatic carbocycles. The molecule has 2 bridgehead atoms. The average molecular weight is 496 g/mol. The van der Waals surface area contributed by atoms with Crippen LogP contribution in [0.5, 0.6) is 0 Å². The maximum atomic E-state index is 13.7. The van der Waals surface area contributed by atoms with Crippen LogP contribution in [0.15, 0.2) is 48.5 Å². The molecular weight excluding hydrogens is 470 g/mol. The number of amides is 1. The highest BCUT2D eigenvalue weighted by Gasteiger charge is 2.67. The van der Waals surface area contributed by atoms with E-state index in [-0.39, 0.29) is 12.3 Å². The number of carbonyl (C=O) groups excluding carboxylic acids is 2. The molecule has 5 aromatic rings. The van der Waals surface area contributed by atoms with Crippen LogP contribution in [-0.2, 0) is 31.3 Å². The van der Waals surface area contributed by atoms with Crippen LogP contribution in [0.2, 0.25) is 0 Å². The van der Waals surface area contributed by atoms with Crippen molar-refractivity contribution in [2.75, 3.05) is 21.3 Å². The van der Waals surface area contributed by atoms with Gasteiger partial charge in [-0.25, -0.2) is 4.79 Å². The number of esters is 1. The summed E-state index contributed by atoms with van der Waals surface area (Å²) in [6, 6.07) is 16.2. The Bertz CT molecular complexity index is 1880. The maximum Gasteiger partial charge on any atom is 0.343 e. The van der Waals surface area contributed by atoms with E-state index in [9.17, 15) is 9.59 Å². The number of nitrogens with zero attached hydrogens (tertiary/aromatic N) is 3. The first-order valence-corrected chi connectivity index (χ1v) is 12.5. The van der Waals surface area contributed by atoms with Crippen molar-refractivity contribution in [3.05, 3.63) is 59.7 Å². The first-order valence-electron chi connectivity index (χ1n) is 12.5. The Balaban J connectivity index is 1.72. The van der Waals surface area contributed by atoms with E-state index in [1.165, 1.54) is 7.11 Å². The van der Waals surface area contributed by atoms with E-state index in [1.807, 2.05) is 44.3 Å². The molecule has 1 amide bonds. The van der Waals surface area contributed by atoms with Crippen molar-refractivity contribution in [3.63, 3.8) is 0 Å². The lowest BCUT2D eigenvalue weighted by molar-refractivity contribution is -0.210. The molecule has 1 unspecified atom stereocenters. The Morgan fingerprint density at radius 3 is 2.38 bits per heavy atom. The van der Waals surface area contributed by atoms with Gasteiger partial charge in [-0.15, -0.1) is 0 Å². The number of rotatable bonds is 2. The van der Waals surface area contributed by atoms with E-state index in [1.54, 1.807) is 12.0 Å². The highest BCUT2D eigenvalue weighted by molar-refractivity contribution is 6.31. The van der Waals surface area contributed by atoms with E-state index in [0.29, 0.717) is 6.54 Å². The molecule has 1 fully saturated rings. The minimum Gasteiger partial charge on any atom is -0.467 e. The Morgan fingerprint density at radius 2 is 1.68 bits per heavy atom. The normalized spacial score (nSPS) is 26.2. The third-order valence-electron chi connectivity index (χ3n) is 8.97. The van der Waals surface area contributed by atoms with Crippen LogP contribution in [0.25, 0.3) is 43.6 Å². The number of hydrogen-bond acceptors (Lipinski definition) is 5. The van der Waals surface area contributed by atoms with Gasteiger partial charge >= 0.3 is 5.97 Å². The van der Waals surface area contributed by atoms with Gasteiger partial charge in [0.1, 0.15) is 6.23 Å². The lowest BCUT2D eigenvalue weighted by Crippen LogP contribution is -2.57. The number of fused-ring (bicyclic) bond motifs is 13. The van der Waals surface area contributed by atoms with Gasteiger partial charge in [0.15, 0.2) is 5.72 Å². The van der Waals surface area contributed by atoms with Crippen LogP contribution < -0.4 is 0 Å². The Hall–Kier alpha value is -3.88. The minimum atomic E-state index is -1.39. The van der Waals surface area contributed by atoms with E-state index in [0.717, 1.165) is 54.7 Å². The molecule has 8 nitrogen and oxygen atoms in total. The second-order valence-electron chi connectivity index (χ2n) is 10.5. The smallest absolute Gasteiger partial charge is 0.343 e. The summed E-state index contributed by atoms with van der Waals surface area (Å²) in [5, 5.41) is 3.97. The second kappa shape index (κ2) is 6.51. The highest BCUT2D eigenvalue weighted by Crippen LogP contribution is 2.59. The van der Waals surface area contributed by atoms with Crippen molar-refractivity contribution in [1.29, 1.82) is 0 Å². The van der Waals surface area contributed by atoms with Crippen molar-refractivity contribution < 1.29 is 23.8 Å². The van der Waals surface area contributed by atoms with Gasteiger partial charge in [-0.05, 0) is 24.6 Å². The summed E-state index contributed by atoms with van der Waals surface area (Å²) >= 11 is 0. The van der Waals surface area contributed by atoms with Crippen molar-refractivity contribution >= 4 is 55.5 Å². The minimum absolute atomic E-state index is 0.0268. The van der Waals surface area contributed by atoms with Gasteiger partial charge in [-0.3, -0.25) is 4.79 Å². The number of hydrogen-bond donors (Lipinski definition) is 0. The van der Waals surface area contributed by atoms with Gasteiger partial charge in [0.2, 0.25) is 5.60 Å². The van der Waals surface area contributed by atoms with E-state index in [2.05, 4.69) is 27.3 Å². The molecule has 5 heterocycles. The van der Waals surface area contributed by atoms with Crippen LogP contribution in [-0.4, -0.2) is 52.8 Å². The van der Waals surface area contributed by atoms with Crippen LogP contribution in [0, 0.1) is 0 Å². The van der Waals surface area contributed by atoms with Crippen molar-refractivity contribution in [2.24, 2.45) is 0 Å². The molecule has 8 rings (SSSR count). The van der Waals surface area contributed by atoms with E-state index >= 15 is 0 Å². The predicted octanol–water partition coefficient (Wildman–Crippen LogP) is 4.65. The molecule has 0 N–H and O–H groups in total. The summed E-state index contributed by atoms with van der Waals surface area (Å²) in [6.07, 6.45) is -0.251. The fourth-order valence-electron chi connectivity index (χ4n) is 7.44. The molecule has 0 spiro atoms. The predicted molar refractivity (Wildman–Crippen MR) is 138 cm³/mol. The summed E-state index contributed by atoms with van der Waals surface area (Å²) in [7, 11) is 4.79. The maximum absolute atomic E-state index is 13.7. The molecule has 8 heteroatoms. The average Bonchev–Trinajstić information content (AvgIpc) is 3.58. The number of aromatic nitrogens is 2. The number of para-hydroxylation sites is 2. The SMILES string of the molecule is COC(=O)[C@]1(OC)CC2O[C@@]1(C)n1c3ccccc3c3c4c(c5c6ccccc6n2c5c31)C(=O)N(C)C4. The first kappa shape index (κ1) is 21.2. The van der Waals surface area contributed by atoms with Crippen molar-refractivity contribution in [3.8, 4) is 0 Å². The summed E-state index contributed by atoms with van der Waals surface area (Å²) in [5.74, 6) is -0.447. The van der Waals surface area contributed by atoms with Gasteiger partial charge in [-0.1, -0.05) is 36.4 Å². The molecule has 37 heavy (non-hydrogen) atoms. The Kier molecular flexibility index (Phi) is 3.74. The summed E-state index contributed by atoms with van der Waals surface area (Å²) < 4.78 is 22.7. The largest absolute Gasteiger partial charge is 0.467 e. The number of methoxy groups -OCH3 is 2. The molecule has 3 atom stereocenters. The number of carbonyl (C=O) groups is 2. The zero-order chi connectivity index (χ0) is 25.4. The lowest BCUT2D eigenvalue weighted by atomic mass is 9.88. The van der Waals surface area contributed by atoms with Crippen LogP contribution in [0.4, 0.5) is 0 Å². The van der Waals surface area contributed by atoms with Gasteiger partial charge < -0.3 is 28.2 Å². The van der Waals surface area contributed by atoms with Crippen molar-refractivity contribution in [2.45, 2.75) is 37.4 Å². The Labute approximate surface area is 211 Å².